The maximum atomic E-state index is 12.6. The lowest BCUT2D eigenvalue weighted by Gasteiger charge is -2.41. The molecule has 1 saturated carbocycles. The van der Waals surface area contributed by atoms with Crippen LogP contribution in [0.3, 0.4) is 0 Å². The molecule has 2 N–H and O–H groups in total. The summed E-state index contributed by atoms with van der Waals surface area (Å²) in [6, 6.07) is 8.19. The highest BCUT2D eigenvalue weighted by atomic mass is 32.1. The lowest BCUT2D eigenvalue weighted by Crippen LogP contribution is -2.53. The Morgan fingerprint density at radius 2 is 1.78 bits per heavy atom. The zero-order chi connectivity index (χ0) is 12.8. The Bertz CT molecular complexity index is 497. The second-order valence-corrected chi connectivity index (χ2v) is 5.67. The fraction of sp³-hybridized carbons (Fsp3) is 0.429. The van der Waals surface area contributed by atoms with Gasteiger partial charge in [0.1, 0.15) is 0 Å². The van der Waals surface area contributed by atoms with Crippen LogP contribution in [0.15, 0.2) is 24.3 Å². The number of hydrogen-bond donors (Lipinski definition) is 1. The van der Waals surface area contributed by atoms with Gasteiger partial charge in [-0.2, -0.15) is 0 Å². The summed E-state index contributed by atoms with van der Waals surface area (Å²) >= 11 is 5.11. The van der Waals surface area contributed by atoms with Crippen LogP contribution in [0, 0.1) is 5.41 Å². The molecule has 94 valence electrons. The minimum absolute atomic E-state index is 0.123. The fourth-order valence-electron chi connectivity index (χ4n) is 2.88. The molecule has 0 saturated heterocycles. The molecule has 1 aromatic rings. The van der Waals surface area contributed by atoms with E-state index in [1.165, 1.54) is 11.1 Å². The summed E-state index contributed by atoms with van der Waals surface area (Å²) in [7, 11) is 0. The quantitative estimate of drug-likeness (QED) is 0.827. The van der Waals surface area contributed by atoms with Gasteiger partial charge < -0.3 is 10.6 Å². The number of fused-ring (bicyclic) bond motifs is 1. The largest absolute Gasteiger partial charge is 0.392 e. The Morgan fingerprint density at radius 3 is 2.17 bits per heavy atom. The summed E-state index contributed by atoms with van der Waals surface area (Å²) in [5, 5.41) is 0. The van der Waals surface area contributed by atoms with E-state index in [2.05, 4.69) is 12.1 Å². The van der Waals surface area contributed by atoms with Gasteiger partial charge in [0.05, 0.1) is 10.4 Å². The highest BCUT2D eigenvalue weighted by Gasteiger charge is 2.49. The predicted molar refractivity (Wildman–Crippen MR) is 73.8 cm³/mol. The number of amides is 1. The third kappa shape index (κ3) is 1.56. The molecule has 1 fully saturated rings. The van der Waals surface area contributed by atoms with Gasteiger partial charge in [-0.3, -0.25) is 4.79 Å². The van der Waals surface area contributed by atoms with E-state index in [9.17, 15) is 4.79 Å². The van der Waals surface area contributed by atoms with E-state index in [0.29, 0.717) is 18.1 Å². The van der Waals surface area contributed by atoms with Crippen molar-refractivity contribution < 1.29 is 4.79 Å². The number of nitrogens with two attached hydrogens (primary N) is 1. The zero-order valence-corrected chi connectivity index (χ0v) is 11.0. The fourth-order valence-corrected chi connectivity index (χ4v) is 3.17. The average molecular weight is 260 g/mol. The van der Waals surface area contributed by atoms with Crippen molar-refractivity contribution in [2.24, 2.45) is 11.1 Å². The molecule has 1 amide bonds. The van der Waals surface area contributed by atoms with E-state index >= 15 is 0 Å². The van der Waals surface area contributed by atoms with E-state index < -0.39 is 5.41 Å². The predicted octanol–water partition coefficient (Wildman–Crippen LogP) is 1.99. The minimum atomic E-state index is -0.544. The van der Waals surface area contributed by atoms with Gasteiger partial charge in [-0.05, 0) is 24.0 Å². The van der Waals surface area contributed by atoms with Gasteiger partial charge in [-0.25, -0.2) is 0 Å². The van der Waals surface area contributed by atoms with Crippen LogP contribution in [-0.2, 0) is 17.9 Å². The van der Waals surface area contributed by atoms with E-state index in [1.54, 1.807) is 0 Å². The van der Waals surface area contributed by atoms with Gasteiger partial charge in [-0.15, -0.1) is 0 Å². The van der Waals surface area contributed by atoms with Gasteiger partial charge in [0.25, 0.3) is 0 Å². The summed E-state index contributed by atoms with van der Waals surface area (Å²) in [5.41, 5.74) is 7.72. The summed E-state index contributed by atoms with van der Waals surface area (Å²) in [5.74, 6) is 0.123. The smallest absolute Gasteiger partial charge is 0.236 e. The molecule has 1 aliphatic heterocycles. The lowest BCUT2D eigenvalue weighted by molar-refractivity contribution is -0.142. The Kier molecular flexibility index (Phi) is 2.63. The Hall–Kier alpha value is -1.42. The van der Waals surface area contributed by atoms with Crippen molar-refractivity contribution >= 4 is 23.1 Å². The van der Waals surface area contributed by atoms with Gasteiger partial charge >= 0.3 is 0 Å². The molecule has 1 aliphatic carbocycles. The van der Waals surface area contributed by atoms with Crippen molar-refractivity contribution in [3.05, 3.63) is 35.4 Å². The summed E-state index contributed by atoms with van der Waals surface area (Å²) in [6.45, 7) is 1.39. The van der Waals surface area contributed by atoms with E-state index in [1.807, 2.05) is 17.0 Å². The van der Waals surface area contributed by atoms with Crippen LogP contribution in [0.5, 0.6) is 0 Å². The van der Waals surface area contributed by atoms with Gasteiger partial charge in [0.15, 0.2) is 0 Å². The maximum Gasteiger partial charge on any atom is 0.236 e. The van der Waals surface area contributed by atoms with Crippen LogP contribution in [0.25, 0.3) is 0 Å². The lowest BCUT2D eigenvalue weighted by atomic mass is 9.67. The Morgan fingerprint density at radius 1 is 1.22 bits per heavy atom. The van der Waals surface area contributed by atoms with Crippen molar-refractivity contribution in [1.29, 1.82) is 0 Å². The monoisotopic (exact) mass is 260 g/mol. The highest BCUT2D eigenvalue weighted by molar-refractivity contribution is 7.80. The molecule has 0 radical (unpaired) electrons. The number of carbonyl (C=O) groups is 1. The van der Waals surface area contributed by atoms with Gasteiger partial charge in [0, 0.05) is 13.1 Å². The molecular weight excluding hydrogens is 244 g/mol. The summed E-state index contributed by atoms with van der Waals surface area (Å²) < 4.78 is 0. The van der Waals surface area contributed by atoms with E-state index in [4.69, 9.17) is 18.0 Å². The Labute approximate surface area is 112 Å². The Balaban J connectivity index is 1.82. The number of nitrogens with zero attached hydrogens (tertiary/aromatic N) is 1. The molecule has 1 heterocycles. The summed E-state index contributed by atoms with van der Waals surface area (Å²) in [6.07, 6.45) is 2.67. The first kappa shape index (κ1) is 11.7. The number of hydrogen-bond acceptors (Lipinski definition) is 2. The third-order valence-corrected chi connectivity index (χ3v) is 4.61. The zero-order valence-electron chi connectivity index (χ0n) is 10.2. The molecule has 0 unspecified atom stereocenters. The molecule has 3 rings (SSSR count). The van der Waals surface area contributed by atoms with Crippen molar-refractivity contribution in [1.82, 2.24) is 4.90 Å². The number of carbonyl (C=O) groups excluding carboxylic acids is 1. The number of thiocarbonyl (C=S) groups is 1. The van der Waals surface area contributed by atoms with Crippen LogP contribution >= 0.6 is 12.2 Å². The molecule has 18 heavy (non-hydrogen) atoms. The van der Waals surface area contributed by atoms with Gasteiger partial charge in [0.2, 0.25) is 5.91 Å². The van der Waals surface area contributed by atoms with Crippen LogP contribution in [0.1, 0.15) is 30.4 Å². The highest BCUT2D eigenvalue weighted by Crippen LogP contribution is 2.44. The minimum Gasteiger partial charge on any atom is -0.392 e. The van der Waals surface area contributed by atoms with Crippen LogP contribution in [-0.4, -0.2) is 15.8 Å². The standard InChI is InChI=1S/C14H16N2OS/c15-12(18)14(6-3-7-14)13(17)16-8-10-4-1-2-5-11(10)9-16/h1-2,4-5H,3,6-9H2,(H2,15,18). The topological polar surface area (TPSA) is 46.3 Å². The number of rotatable bonds is 2. The first-order valence-corrected chi connectivity index (χ1v) is 6.70. The molecule has 0 spiro atoms. The first-order valence-electron chi connectivity index (χ1n) is 6.29. The molecule has 2 aliphatic rings. The first-order chi connectivity index (χ1) is 8.63. The third-order valence-electron chi connectivity index (χ3n) is 4.22. The SMILES string of the molecule is NC(=S)C1(C(=O)N2Cc3ccccc3C2)CCC1. The van der Waals surface area contributed by atoms with Crippen molar-refractivity contribution in [3.63, 3.8) is 0 Å². The molecule has 3 nitrogen and oxygen atoms in total. The molecule has 0 bridgehead atoms. The maximum absolute atomic E-state index is 12.6. The second-order valence-electron chi connectivity index (χ2n) is 5.23. The van der Waals surface area contributed by atoms with Crippen molar-refractivity contribution in [3.8, 4) is 0 Å². The molecule has 4 heteroatoms. The number of benzene rings is 1. The average Bonchev–Trinajstić information content (AvgIpc) is 2.70. The normalized spacial score (nSPS) is 20.1. The van der Waals surface area contributed by atoms with Crippen LogP contribution < -0.4 is 5.73 Å². The summed E-state index contributed by atoms with van der Waals surface area (Å²) in [4.78, 5) is 14.9. The van der Waals surface area contributed by atoms with E-state index in [-0.39, 0.29) is 5.91 Å². The van der Waals surface area contributed by atoms with Crippen LogP contribution in [0.4, 0.5) is 0 Å². The molecular formula is C14H16N2OS. The van der Waals surface area contributed by atoms with Crippen molar-refractivity contribution in [2.75, 3.05) is 0 Å². The van der Waals surface area contributed by atoms with Crippen molar-refractivity contribution in [2.45, 2.75) is 32.4 Å². The second kappa shape index (κ2) is 4.05. The molecule has 1 aromatic carbocycles. The van der Waals surface area contributed by atoms with Gasteiger partial charge in [-0.1, -0.05) is 42.9 Å². The molecule has 0 atom stereocenters. The van der Waals surface area contributed by atoms with E-state index in [0.717, 1.165) is 19.3 Å². The molecule has 0 aromatic heterocycles. The van der Waals surface area contributed by atoms with Crippen LogP contribution in [0.2, 0.25) is 0 Å².